The number of primary amides is 1. The van der Waals surface area contributed by atoms with Crippen molar-refractivity contribution >= 4 is 40.6 Å². The van der Waals surface area contributed by atoms with Gasteiger partial charge in [0, 0.05) is 23.4 Å². The van der Waals surface area contributed by atoms with Crippen molar-refractivity contribution in [3.05, 3.63) is 57.0 Å². The van der Waals surface area contributed by atoms with Gasteiger partial charge in [0.25, 0.3) is 5.91 Å². The average Bonchev–Trinajstić information content (AvgIpc) is 3.24. The number of hydrogen-bond acceptors (Lipinski definition) is 5. The van der Waals surface area contributed by atoms with Crippen LogP contribution in [0.2, 0.25) is 5.02 Å². The van der Waals surface area contributed by atoms with Crippen LogP contribution in [0.3, 0.4) is 0 Å². The molecule has 0 aliphatic heterocycles. The van der Waals surface area contributed by atoms with Crippen LogP contribution >= 0.6 is 34.7 Å². The fraction of sp³-hybridized carbons (Fsp3) is 0.263. The lowest BCUT2D eigenvalue weighted by atomic mass is 10.2. The van der Waals surface area contributed by atoms with Crippen molar-refractivity contribution in [2.24, 2.45) is 5.73 Å². The number of nitrogens with zero attached hydrogens (tertiary/aromatic N) is 2. The highest BCUT2D eigenvalue weighted by Crippen LogP contribution is 2.29. The number of thioether (sulfide) groups is 1. The van der Waals surface area contributed by atoms with E-state index in [1.54, 1.807) is 17.8 Å². The number of halogens is 1. The van der Waals surface area contributed by atoms with Gasteiger partial charge >= 0.3 is 0 Å². The monoisotopic (exact) mass is 421 g/mol. The zero-order chi connectivity index (χ0) is 19.4. The molecule has 3 rings (SSSR count). The topological polar surface area (TPSA) is 70.1 Å². The predicted molar refractivity (Wildman–Crippen MR) is 113 cm³/mol. The summed E-state index contributed by atoms with van der Waals surface area (Å²) in [4.78, 5) is 16.4. The lowest BCUT2D eigenvalue weighted by Crippen LogP contribution is -2.13. The molecular weight excluding hydrogens is 402 g/mol. The van der Waals surface area contributed by atoms with Gasteiger partial charge in [-0.25, -0.2) is 4.98 Å². The van der Waals surface area contributed by atoms with E-state index in [4.69, 9.17) is 22.1 Å². The van der Waals surface area contributed by atoms with Crippen LogP contribution in [0.25, 0.3) is 11.4 Å². The number of nitrogens with two attached hydrogens (primary N) is 1. The molecule has 0 radical (unpaired) electrons. The number of aromatic nitrogens is 2. The Morgan fingerprint density at radius 2 is 2.19 bits per heavy atom. The fourth-order valence-corrected chi connectivity index (χ4v) is 4.03. The van der Waals surface area contributed by atoms with Crippen molar-refractivity contribution in [2.75, 3.05) is 12.0 Å². The highest BCUT2D eigenvalue weighted by Gasteiger charge is 2.18. The molecular formula is C19H20ClN3O2S2. The minimum atomic E-state index is -0.422. The van der Waals surface area contributed by atoms with E-state index in [1.807, 2.05) is 36.6 Å². The minimum absolute atomic E-state index is 0.335. The third-order valence-electron chi connectivity index (χ3n) is 4.15. The van der Waals surface area contributed by atoms with Crippen LogP contribution in [-0.2, 0) is 13.2 Å². The number of benzene rings is 1. The third kappa shape index (κ3) is 4.48. The molecule has 0 atom stereocenters. The summed E-state index contributed by atoms with van der Waals surface area (Å²) in [5.41, 5.74) is 8.64. The second-order valence-electron chi connectivity index (χ2n) is 5.88. The molecule has 0 bridgehead atoms. The number of thiazole rings is 1. The van der Waals surface area contributed by atoms with E-state index in [9.17, 15) is 4.79 Å². The molecule has 8 heteroatoms. The van der Waals surface area contributed by atoms with E-state index in [0.29, 0.717) is 22.9 Å². The number of hydrogen-bond donors (Lipinski definition) is 1. The first-order valence-electron chi connectivity index (χ1n) is 8.32. The standard InChI is InChI=1S/C19H20ClN3O2S2/c1-12-13(19(21)24)9-16(23(12)7-8-26-2)15-11-27-18(22-15)10-25-17-6-4-3-5-14(17)20/h3-6,9,11H,7-8,10H2,1-2H3,(H2,21,24). The Balaban J connectivity index is 1.84. The summed E-state index contributed by atoms with van der Waals surface area (Å²) in [7, 11) is 0. The Kier molecular flexibility index (Phi) is 6.46. The third-order valence-corrected chi connectivity index (χ3v) is 5.88. The molecule has 2 aromatic heterocycles. The maximum Gasteiger partial charge on any atom is 0.250 e. The van der Waals surface area contributed by atoms with Crippen molar-refractivity contribution in [1.29, 1.82) is 0 Å². The molecule has 27 heavy (non-hydrogen) atoms. The van der Waals surface area contributed by atoms with Crippen LogP contribution < -0.4 is 10.5 Å². The zero-order valence-corrected chi connectivity index (χ0v) is 17.5. The van der Waals surface area contributed by atoms with Crippen LogP contribution in [0, 0.1) is 6.92 Å². The number of para-hydroxylation sites is 1. The second-order valence-corrected chi connectivity index (χ2v) is 8.22. The van der Waals surface area contributed by atoms with E-state index < -0.39 is 5.91 Å². The van der Waals surface area contributed by atoms with E-state index in [0.717, 1.165) is 34.4 Å². The van der Waals surface area contributed by atoms with Crippen molar-refractivity contribution < 1.29 is 9.53 Å². The quantitative estimate of drug-likeness (QED) is 0.576. The molecule has 0 saturated heterocycles. The summed E-state index contributed by atoms with van der Waals surface area (Å²) in [6, 6.07) is 9.18. The van der Waals surface area contributed by atoms with Crippen LogP contribution in [-0.4, -0.2) is 27.5 Å². The zero-order valence-electron chi connectivity index (χ0n) is 15.1. The normalized spacial score (nSPS) is 10.9. The van der Waals surface area contributed by atoms with Crippen LogP contribution in [0.5, 0.6) is 5.75 Å². The maximum absolute atomic E-state index is 11.7. The molecule has 0 saturated carbocycles. The number of amides is 1. The van der Waals surface area contributed by atoms with E-state index in [1.165, 1.54) is 11.3 Å². The summed E-state index contributed by atoms with van der Waals surface area (Å²) >= 11 is 9.38. The van der Waals surface area contributed by atoms with Gasteiger partial charge in [0.1, 0.15) is 17.4 Å². The molecule has 1 amide bonds. The molecule has 2 N–H and O–H groups in total. The Bertz CT molecular complexity index is 952. The van der Waals surface area contributed by atoms with Gasteiger partial charge in [0.15, 0.2) is 0 Å². The van der Waals surface area contributed by atoms with E-state index in [-0.39, 0.29) is 0 Å². The van der Waals surface area contributed by atoms with Crippen molar-refractivity contribution in [1.82, 2.24) is 9.55 Å². The van der Waals surface area contributed by atoms with Crippen molar-refractivity contribution in [3.63, 3.8) is 0 Å². The molecule has 0 unspecified atom stereocenters. The molecule has 142 valence electrons. The molecule has 2 heterocycles. The Morgan fingerprint density at radius 1 is 1.41 bits per heavy atom. The Labute approximate surface area is 171 Å². The summed E-state index contributed by atoms with van der Waals surface area (Å²) in [5, 5.41) is 3.38. The molecule has 0 aliphatic rings. The van der Waals surface area contributed by atoms with Gasteiger partial charge in [0.05, 0.1) is 22.0 Å². The van der Waals surface area contributed by atoms with Gasteiger partial charge in [-0.1, -0.05) is 23.7 Å². The smallest absolute Gasteiger partial charge is 0.250 e. The minimum Gasteiger partial charge on any atom is -0.485 e. The SMILES string of the molecule is CSCCn1c(-c2csc(COc3ccccc3Cl)n2)cc(C(N)=O)c1C. The molecule has 3 aromatic rings. The molecule has 1 aromatic carbocycles. The van der Waals surface area contributed by atoms with E-state index in [2.05, 4.69) is 15.8 Å². The van der Waals surface area contributed by atoms with Gasteiger partial charge in [0.2, 0.25) is 0 Å². The molecule has 5 nitrogen and oxygen atoms in total. The van der Waals surface area contributed by atoms with Gasteiger partial charge in [-0.2, -0.15) is 11.8 Å². The number of ether oxygens (including phenoxy) is 1. The predicted octanol–water partition coefficient (Wildman–Crippen LogP) is 4.61. The average molecular weight is 422 g/mol. The van der Waals surface area contributed by atoms with Gasteiger partial charge in [-0.3, -0.25) is 4.79 Å². The number of carbonyl (C=O) groups is 1. The summed E-state index contributed by atoms with van der Waals surface area (Å²) < 4.78 is 7.87. The lowest BCUT2D eigenvalue weighted by Gasteiger charge is -2.09. The van der Waals surface area contributed by atoms with Crippen LogP contribution in [0.4, 0.5) is 0 Å². The highest BCUT2D eigenvalue weighted by molar-refractivity contribution is 7.98. The maximum atomic E-state index is 11.7. The Morgan fingerprint density at radius 3 is 2.89 bits per heavy atom. The Hall–Kier alpha value is -1.96. The van der Waals surface area contributed by atoms with Gasteiger partial charge in [-0.15, -0.1) is 11.3 Å². The highest BCUT2D eigenvalue weighted by atomic mass is 35.5. The van der Waals surface area contributed by atoms with Crippen molar-refractivity contribution in [2.45, 2.75) is 20.1 Å². The first-order valence-corrected chi connectivity index (χ1v) is 11.0. The molecule has 0 aliphatic carbocycles. The fourth-order valence-electron chi connectivity index (χ4n) is 2.77. The summed E-state index contributed by atoms with van der Waals surface area (Å²) in [6.45, 7) is 3.04. The second kappa shape index (κ2) is 8.82. The van der Waals surface area contributed by atoms with Crippen LogP contribution in [0.15, 0.2) is 35.7 Å². The van der Waals surface area contributed by atoms with Crippen molar-refractivity contribution in [3.8, 4) is 17.1 Å². The molecule has 0 fully saturated rings. The lowest BCUT2D eigenvalue weighted by molar-refractivity contribution is 0.0999. The van der Waals surface area contributed by atoms with Crippen LogP contribution in [0.1, 0.15) is 21.1 Å². The summed E-state index contributed by atoms with van der Waals surface area (Å²) in [6.07, 6.45) is 2.06. The number of carbonyl (C=O) groups excluding carboxylic acids is 1. The van der Waals surface area contributed by atoms with Gasteiger partial charge < -0.3 is 15.0 Å². The number of rotatable bonds is 8. The van der Waals surface area contributed by atoms with E-state index >= 15 is 0 Å². The van der Waals surface area contributed by atoms with Gasteiger partial charge in [-0.05, 0) is 31.4 Å². The largest absolute Gasteiger partial charge is 0.485 e. The first kappa shape index (κ1) is 19.8. The first-order chi connectivity index (χ1) is 13.0. The molecule has 0 spiro atoms. The summed E-state index contributed by atoms with van der Waals surface area (Å²) in [5.74, 6) is 1.15.